The highest BCUT2D eigenvalue weighted by atomic mass is 32.1. The standard InChI is InChI=1S/C19H35N5O2S/c1-13(2)15-12-27-16(23-15)11-22-17(20-7)21-10-9-14(3)24(8)18(25)26-19(4,5)6/h12-14H,9-11H2,1-8H3,(H2,20,21,22). The number of aromatic nitrogens is 1. The molecule has 0 aliphatic rings. The largest absolute Gasteiger partial charge is 0.444 e. The molecule has 27 heavy (non-hydrogen) atoms. The molecule has 1 rings (SSSR count). The summed E-state index contributed by atoms with van der Waals surface area (Å²) in [6.07, 6.45) is 0.479. The molecule has 0 radical (unpaired) electrons. The molecule has 1 unspecified atom stereocenters. The smallest absolute Gasteiger partial charge is 0.410 e. The van der Waals surface area contributed by atoms with Crippen molar-refractivity contribution in [3.63, 3.8) is 0 Å². The normalized spacial score (nSPS) is 13.4. The van der Waals surface area contributed by atoms with Crippen LogP contribution in [0.5, 0.6) is 0 Å². The van der Waals surface area contributed by atoms with Gasteiger partial charge in [-0.15, -0.1) is 11.3 Å². The van der Waals surface area contributed by atoms with Gasteiger partial charge in [-0.2, -0.15) is 0 Å². The van der Waals surface area contributed by atoms with E-state index in [1.165, 1.54) is 0 Å². The predicted molar refractivity (Wildman–Crippen MR) is 112 cm³/mol. The van der Waals surface area contributed by atoms with Gasteiger partial charge in [-0.05, 0) is 40.0 Å². The van der Waals surface area contributed by atoms with Gasteiger partial charge in [0.2, 0.25) is 0 Å². The van der Waals surface area contributed by atoms with Crippen LogP contribution >= 0.6 is 11.3 Å². The van der Waals surface area contributed by atoms with Crippen molar-refractivity contribution in [2.24, 2.45) is 4.99 Å². The van der Waals surface area contributed by atoms with E-state index in [1.807, 2.05) is 27.7 Å². The average Bonchev–Trinajstić information content (AvgIpc) is 3.04. The zero-order chi connectivity index (χ0) is 20.6. The number of thiazole rings is 1. The summed E-state index contributed by atoms with van der Waals surface area (Å²) in [7, 11) is 3.51. The predicted octanol–water partition coefficient (Wildman–Crippen LogP) is 3.58. The summed E-state index contributed by atoms with van der Waals surface area (Å²) >= 11 is 1.66. The number of aliphatic imine (C=N–C) groups is 1. The van der Waals surface area contributed by atoms with Crippen molar-refractivity contribution in [2.75, 3.05) is 20.6 Å². The Balaban J connectivity index is 2.38. The maximum absolute atomic E-state index is 12.1. The minimum absolute atomic E-state index is 0.0537. The first kappa shape index (κ1) is 23.2. The maximum Gasteiger partial charge on any atom is 0.410 e. The first-order valence-corrected chi connectivity index (χ1v) is 10.3. The van der Waals surface area contributed by atoms with E-state index in [-0.39, 0.29) is 12.1 Å². The van der Waals surface area contributed by atoms with Crippen LogP contribution in [0.3, 0.4) is 0 Å². The van der Waals surface area contributed by atoms with Crippen LogP contribution in [0.1, 0.15) is 64.6 Å². The fourth-order valence-electron chi connectivity index (χ4n) is 2.16. The van der Waals surface area contributed by atoms with Crippen molar-refractivity contribution in [1.29, 1.82) is 0 Å². The molecule has 1 atom stereocenters. The second kappa shape index (κ2) is 10.5. The lowest BCUT2D eigenvalue weighted by Gasteiger charge is -2.28. The molecule has 154 valence electrons. The monoisotopic (exact) mass is 397 g/mol. The molecule has 0 bridgehead atoms. The van der Waals surface area contributed by atoms with E-state index in [0.717, 1.165) is 23.1 Å². The number of hydrogen-bond donors (Lipinski definition) is 2. The molecule has 0 spiro atoms. The van der Waals surface area contributed by atoms with E-state index in [1.54, 1.807) is 30.3 Å². The van der Waals surface area contributed by atoms with Crippen LogP contribution < -0.4 is 10.6 Å². The number of carbonyl (C=O) groups is 1. The van der Waals surface area contributed by atoms with Gasteiger partial charge in [0.1, 0.15) is 10.6 Å². The maximum atomic E-state index is 12.1. The van der Waals surface area contributed by atoms with Gasteiger partial charge in [-0.3, -0.25) is 4.99 Å². The summed E-state index contributed by atoms with van der Waals surface area (Å²) in [6.45, 7) is 13.2. The van der Waals surface area contributed by atoms with Crippen LogP contribution in [0, 0.1) is 0 Å². The summed E-state index contributed by atoms with van der Waals surface area (Å²) in [5, 5.41) is 9.70. The number of amides is 1. The molecule has 7 nitrogen and oxygen atoms in total. The van der Waals surface area contributed by atoms with Crippen molar-refractivity contribution in [3.8, 4) is 0 Å². The zero-order valence-electron chi connectivity index (χ0n) is 17.9. The van der Waals surface area contributed by atoms with Gasteiger partial charge in [0.25, 0.3) is 0 Å². The number of ether oxygens (including phenoxy) is 1. The Kier molecular flexibility index (Phi) is 9.02. The average molecular weight is 398 g/mol. The topological polar surface area (TPSA) is 78.9 Å². The first-order chi connectivity index (χ1) is 12.5. The van der Waals surface area contributed by atoms with Gasteiger partial charge in [-0.1, -0.05) is 13.8 Å². The van der Waals surface area contributed by atoms with Gasteiger partial charge in [0.05, 0.1) is 12.2 Å². The van der Waals surface area contributed by atoms with E-state index >= 15 is 0 Å². The summed E-state index contributed by atoms with van der Waals surface area (Å²) in [5.74, 6) is 1.17. The highest BCUT2D eigenvalue weighted by molar-refractivity contribution is 7.09. The summed E-state index contributed by atoms with van der Waals surface area (Å²) in [6, 6.07) is 0.0537. The minimum Gasteiger partial charge on any atom is -0.444 e. The number of carbonyl (C=O) groups excluding carboxylic acids is 1. The summed E-state index contributed by atoms with van der Waals surface area (Å²) in [5.41, 5.74) is 0.638. The van der Waals surface area contributed by atoms with E-state index in [0.29, 0.717) is 19.0 Å². The van der Waals surface area contributed by atoms with Crippen molar-refractivity contribution in [2.45, 2.75) is 72.1 Å². The Labute approximate surface area is 167 Å². The second-order valence-corrected chi connectivity index (χ2v) is 8.84. The Morgan fingerprint density at radius 1 is 1.33 bits per heavy atom. The Bertz CT molecular complexity index is 622. The van der Waals surface area contributed by atoms with E-state index in [9.17, 15) is 4.79 Å². The Morgan fingerprint density at radius 3 is 2.52 bits per heavy atom. The van der Waals surface area contributed by atoms with Crippen molar-refractivity contribution in [1.82, 2.24) is 20.5 Å². The lowest BCUT2D eigenvalue weighted by Crippen LogP contribution is -2.42. The number of nitrogens with one attached hydrogen (secondary N) is 2. The van der Waals surface area contributed by atoms with Crippen LogP contribution in [0.4, 0.5) is 4.79 Å². The molecule has 1 aromatic heterocycles. The molecular weight excluding hydrogens is 362 g/mol. The van der Waals surface area contributed by atoms with Crippen LogP contribution in [0.15, 0.2) is 10.4 Å². The molecule has 0 aliphatic carbocycles. The molecule has 0 fully saturated rings. The third-order valence-electron chi connectivity index (χ3n) is 3.99. The highest BCUT2D eigenvalue weighted by Crippen LogP contribution is 2.17. The minimum atomic E-state index is -0.486. The van der Waals surface area contributed by atoms with Gasteiger partial charge in [-0.25, -0.2) is 9.78 Å². The number of nitrogens with zero attached hydrogens (tertiary/aromatic N) is 3. The fraction of sp³-hybridized carbons (Fsp3) is 0.737. The molecule has 8 heteroatoms. The van der Waals surface area contributed by atoms with Crippen LogP contribution in [-0.4, -0.2) is 54.2 Å². The molecule has 2 N–H and O–H groups in total. The SMILES string of the molecule is CN=C(NCCC(C)N(C)C(=O)OC(C)(C)C)NCc1nc(C(C)C)cs1. The molecule has 0 aromatic carbocycles. The van der Waals surface area contributed by atoms with Gasteiger partial charge in [0.15, 0.2) is 5.96 Å². The number of rotatable bonds is 7. The number of hydrogen-bond acceptors (Lipinski definition) is 5. The second-order valence-electron chi connectivity index (χ2n) is 7.90. The third-order valence-corrected chi connectivity index (χ3v) is 4.86. The lowest BCUT2D eigenvalue weighted by molar-refractivity contribution is 0.0230. The quantitative estimate of drug-likeness (QED) is 0.543. The molecule has 0 aliphatic heterocycles. The third kappa shape index (κ3) is 8.60. The van der Waals surface area contributed by atoms with Crippen LogP contribution in [-0.2, 0) is 11.3 Å². The van der Waals surface area contributed by atoms with Crippen LogP contribution in [0.2, 0.25) is 0 Å². The Hall–Kier alpha value is -1.83. The highest BCUT2D eigenvalue weighted by Gasteiger charge is 2.22. The Morgan fingerprint density at radius 2 is 2.00 bits per heavy atom. The molecule has 1 amide bonds. The lowest BCUT2D eigenvalue weighted by atomic mass is 10.2. The van der Waals surface area contributed by atoms with E-state index in [4.69, 9.17) is 4.74 Å². The summed E-state index contributed by atoms with van der Waals surface area (Å²) < 4.78 is 5.40. The molecule has 0 saturated carbocycles. The van der Waals surface area contributed by atoms with E-state index < -0.39 is 5.60 Å². The van der Waals surface area contributed by atoms with Crippen LogP contribution in [0.25, 0.3) is 0 Å². The molecule has 1 heterocycles. The van der Waals surface area contributed by atoms with Crippen molar-refractivity contribution < 1.29 is 9.53 Å². The molecule has 0 saturated heterocycles. The summed E-state index contributed by atoms with van der Waals surface area (Å²) in [4.78, 5) is 22.6. The van der Waals surface area contributed by atoms with Gasteiger partial charge >= 0.3 is 6.09 Å². The van der Waals surface area contributed by atoms with Gasteiger partial charge < -0.3 is 20.3 Å². The van der Waals surface area contributed by atoms with Gasteiger partial charge in [0, 0.05) is 32.1 Å². The zero-order valence-corrected chi connectivity index (χ0v) is 18.7. The first-order valence-electron chi connectivity index (χ1n) is 9.38. The van der Waals surface area contributed by atoms with E-state index in [2.05, 4.69) is 39.8 Å². The molecular formula is C19H35N5O2S. The number of guanidine groups is 1. The van der Waals surface area contributed by atoms with Crippen molar-refractivity contribution >= 4 is 23.4 Å². The fourth-order valence-corrected chi connectivity index (χ4v) is 3.05. The van der Waals surface area contributed by atoms with Crippen molar-refractivity contribution in [3.05, 3.63) is 16.1 Å². The molecule has 1 aromatic rings.